The highest BCUT2D eigenvalue weighted by Crippen LogP contribution is 2.39. The van der Waals surface area contributed by atoms with Gasteiger partial charge in [0.2, 0.25) is 0 Å². The third-order valence-electron chi connectivity index (χ3n) is 4.76. The minimum absolute atomic E-state index is 0.519. The smallest absolute Gasteiger partial charge is 0.163 e. The summed E-state index contributed by atoms with van der Waals surface area (Å²) < 4.78 is 13.3. The molecule has 0 spiro atoms. The van der Waals surface area contributed by atoms with Gasteiger partial charge in [-0.1, -0.05) is 6.07 Å². The summed E-state index contributed by atoms with van der Waals surface area (Å²) in [6.45, 7) is 1.17. The Balaban J connectivity index is 1.47. The number of hydrogen-bond donors (Lipinski definition) is 0. The molecule has 6 nitrogen and oxygen atoms in total. The molecule has 1 aliphatic carbocycles. The number of aryl methyl sites for hydroxylation is 2. The minimum atomic E-state index is 0.519. The summed E-state index contributed by atoms with van der Waals surface area (Å²) in [7, 11) is 0. The van der Waals surface area contributed by atoms with Crippen LogP contribution in [0.15, 0.2) is 42.7 Å². The summed E-state index contributed by atoms with van der Waals surface area (Å²) in [4.78, 5) is 9.03. The van der Waals surface area contributed by atoms with E-state index in [9.17, 15) is 0 Å². The van der Waals surface area contributed by atoms with Crippen LogP contribution in [0.4, 0.5) is 0 Å². The first-order valence-electron chi connectivity index (χ1n) is 9.11. The lowest BCUT2D eigenvalue weighted by molar-refractivity contribution is 0.171. The molecule has 0 amide bonds. The lowest BCUT2D eigenvalue weighted by atomic mass is 10.1. The van der Waals surface area contributed by atoms with Crippen molar-refractivity contribution >= 4 is 0 Å². The van der Waals surface area contributed by atoms with Gasteiger partial charge in [0.1, 0.15) is 19.0 Å². The highest BCUT2D eigenvalue weighted by Gasteiger charge is 2.29. The van der Waals surface area contributed by atoms with Crippen LogP contribution in [0.25, 0.3) is 5.69 Å². The van der Waals surface area contributed by atoms with Gasteiger partial charge in [0.25, 0.3) is 0 Å². The van der Waals surface area contributed by atoms with E-state index in [1.807, 2.05) is 35.1 Å². The first-order chi connectivity index (χ1) is 12.9. The van der Waals surface area contributed by atoms with E-state index in [0.717, 1.165) is 41.7 Å². The van der Waals surface area contributed by atoms with Gasteiger partial charge in [0.15, 0.2) is 17.3 Å². The monoisotopic (exact) mass is 348 g/mol. The zero-order valence-electron chi connectivity index (χ0n) is 14.5. The molecule has 132 valence electrons. The SMILES string of the molecule is c1cncc(CCc2nc(C3CC3)nn2-c2ccc3c(c2)OCCO3)c1. The Morgan fingerprint density at radius 3 is 2.73 bits per heavy atom. The van der Waals surface area contributed by atoms with Gasteiger partial charge in [0, 0.05) is 30.8 Å². The van der Waals surface area contributed by atoms with Gasteiger partial charge in [-0.2, -0.15) is 5.10 Å². The number of nitrogens with zero attached hydrogens (tertiary/aromatic N) is 4. The Kier molecular flexibility index (Phi) is 3.81. The first-order valence-corrected chi connectivity index (χ1v) is 9.11. The Bertz CT molecular complexity index is 919. The quantitative estimate of drug-likeness (QED) is 0.709. The van der Waals surface area contributed by atoms with Crippen LogP contribution in [0.2, 0.25) is 0 Å². The van der Waals surface area contributed by atoms with Crippen molar-refractivity contribution in [1.82, 2.24) is 19.7 Å². The Hall–Kier alpha value is -2.89. The van der Waals surface area contributed by atoms with Crippen molar-refractivity contribution in [2.24, 2.45) is 0 Å². The molecule has 0 bridgehead atoms. The highest BCUT2D eigenvalue weighted by atomic mass is 16.6. The number of pyridine rings is 1. The van der Waals surface area contributed by atoms with Crippen LogP contribution in [0, 0.1) is 0 Å². The molecule has 1 aromatic carbocycles. The van der Waals surface area contributed by atoms with Crippen molar-refractivity contribution in [3.8, 4) is 17.2 Å². The van der Waals surface area contributed by atoms with Crippen LogP contribution in [-0.2, 0) is 12.8 Å². The van der Waals surface area contributed by atoms with Gasteiger partial charge in [-0.25, -0.2) is 9.67 Å². The van der Waals surface area contributed by atoms with E-state index in [1.54, 1.807) is 6.20 Å². The maximum Gasteiger partial charge on any atom is 0.163 e. The van der Waals surface area contributed by atoms with Gasteiger partial charge >= 0.3 is 0 Å². The molecule has 1 fully saturated rings. The summed E-state index contributed by atoms with van der Waals surface area (Å²) in [5.74, 6) is 4.02. The second-order valence-corrected chi connectivity index (χ2v) is 6.76. The predicted molar refractivity (Wildman–Crippen MR) is 96.0 cm³/mol. The molecule has 5 rings (SSSR count). The molecule has 0 atom stereocenters. The number of ether oxygens (including phenoxy) is 2. The molecule has 3 heterocycles. The molecule has 2 aromatic heterocycles. The topological polar surface area (TPSA) is 62.1 Å². The molecule has 1 aliphatic heterocycles. The summed E-state index contributed by atoms with van der Waals surface area (Å²) in [6.07, 6.45) is 7.79. The number of rotatable bonds is 5. The maximum absolute atomic E-state index is 5.73. The third-order valence-corrected chi connectivity index (χ3v) is 4.76. The molecule has 3 aromatic rings. The molecule has 0 saturated heterocycles. The third kappa shape index (κ3) is 3.03. The van der Waals surface area contributed by atoms with Crippen molar-refractivity contribution < 1.29 is 9.47 Å². The molecule has 1 saturated carbocycles. The van der Waals surface area contributed by atoms with Crippen LogP contribution in [0.3, 0.4) is 0 Å². The van der Waals surface area contributed by atoms with Crippen LogP contribution in [0.5, 0.6) is 11.5 Å². The van der Waals surface area contributed by atoms with Crippen molar-refractivity contribution in [3.05, 3.63) is 59.9 Å². The van der Waals surface area contributed by atoms with E-state index in [2.05, 4.69) is 11.1 Å². The normalized spacial score (nSPS) is 15.8. The summed E-state index contributed by atoms with van der Waals surface area (Å²) >= 11 is 0. The molecule has 0 N–H and O–H groups in total. The summed E-state index contributed by atoms with van der Waals surface area (Å²) in [6, 6.07) is 10.0. The van der Waals surface area contributed by atoms with Gasteiger partial charge < -0.3 is 9.47 Å². The second-order valence-electron chi connectivity index (χ2n) is 6.76. The number of aromatic nitrogens is 4. The van der Waals surface area contributed by atoms with Crippen molar-refractivity contribution in [1.29, 1.82) is 0 Å². The van der Waals surface area contributed by atoms with Crippen LogP contribution < -0.4 is 9.47 Å². The summed E-state index contributed by atoms with van der Waals surface area (Å²) in [5.41, 5.74) is 2.17. The van der Waals surface area contributed by atoms with Gasteiger partial charge in [-0.3, -0.25) is 4.98 Å². The van der Waals surface area contributed by atoms with Gasteiger partial charge in [-0.05, 0) is 43.0 Å². The minimum Gasteiger partial charge on any atom is -0.486 e. The molecule has 6 heteroatoms. The standard InChI is InChI=1S/C20H20N4O2/c1-2-14(13-21-9-1)3-8-19-22-20(15-4-5-15)23-24(19)16-6-7-17-18(12-16)26-11-10-25-17/h1-2,6-7,9,12-13,15H,3-5,8,10-11H2. The average Bonchev–Trinajstić information content (AvgIpc) is 3.46. The first kappa shape index (κ1) is 15.4. The summed E-state index contributed by atoms with van der Waals surface area (Å²) in [5, 5.41) is 4.80. The zero-order valence-corrected chi connectivity index (χ0v) is 14.5. The Morgan fingerprint density at radius 1 is 1.04 bits per heavy atom. The number of fused-ring (bicyclic) bond motifs is 1. The van der Waals surface area contributed by atoms with Crippen LogP contribution in [0.1, 0.15) is 36.0 Å². The molecule has 26 heavy (non-hydrogen) atoms. The fourth-order valence-electron chi connectivity index (χ4n) is 3.21. The number of benzene rings is 1. The van der Waals surface area contributed by atoms with Crippen molar-refractivity contribution in [3.63, 3.8) is 0 Å². The van der Waals surface area contributed by atoms with E-state index in [1.165, 1.54) is 18.4 Å². The average molecular weight is 348 g/mol. The van der Waals surface area contributed by atoms with Crippen molar-refractivity contribution in [2.45, 2.75) is 31.6 Å². The lowest BCUT2D eigenvalue weighted by Gasteiger charge is -2.19. The fourth-order valence-corrected chi connectivity index (χ4v) is 3.21. The van der Waals surface area contributed by atoms with Crippen LogP contribution in [-0.4, -0.2) is 33.0 Å². The largest absolute Gasteiger partial charge is 0.486 e. The van der Waals surface area contributed by atoms with E-state index >= 15 is 0 Å². The molecular formula is C20H20N4O2. The van der Waals surface area contributed by atoms with E-state index in [4.69, 9.17) is 19.6 Å². The Morgan fingerprint density at radius 2 is 1.92 bits per heavy atom. The van der Waals surface area contributed by atoms with Gasteiger partial charge in [-0.15, -0.1) is 0 Å². The van der Waals surface area contributed by atoms with Crippen LogP contribution >= 0.6 is 0 Å². The van der Waals surface area contributed by atoms with Crippen molar-refractivity contribution in [2.75, 3.05) is 13.2 Å². The Labute approximate surface area is 151 Å². The lowest BCUT2D eigenvalue weighted by Crippen LogP contribution is -2.15. The fraction of sp³-hybridized carbons (Fsp3) is 0.350. The molecule has 0 radical (unpaired) electrons. The van der Waals surface area contributed by atoms with E-state index in [0.29, 0.717) is 19.1 Å². The molecule has 0 unspecified atom stereocenters. The van der Waals surface area contributed by atoms with Gasteiger partial charge in [0.05, 0.1) is 5.69 Å². The molecule has 2 aliphatic rings. The maximum atomic E-state index is 5.73. The predicted octanol–water partition coefficient (Wildman–Crippen LogP) is 3.10. The zero-order chi connectivity index (χ0) is 17.3. The van der Waals surface area contributed by atoms with E-state index in [-0.39, 0.29) is 0 Å². The molecular weight excluding hydrogens is 328 g/mol. The number of hydrogen-bond acceptors (Lipinski definition) is 5. The second kappa shape index (κ2) is 6.44. The van der Waals surface area contributed by atoms with E-state index < -0.39 is 0 Å². The highest BCUT2D eigenvalue weighted by molar-refractivity contribution is 5.49.